The molecule has 4 N–H and O–H groups in total. The van der Waals surface area contributed by atoms with E-state index >= 15 is 0 Å². The Morgan fingerprint density at radius 1 is 1.12 bits per heavy atom. The molecule has 2 amide bonds. The summed E-state index contributed by atoms with van der Waals surface area (Å²) in [6, 6.07) is 8.89. The van der Waals surface area contributed by atoms with Gasteiger partial charge in [-0.3, -0.25) is 14.4 Å². The number of nitrogens with zero attached hydrogens (tertiary/aromatic N) is 1. The van der Waals surface area contributed by atoms with Gasteiger partial charge in [0, 0.05) is 19.5 Å². The van der Waals surface area contributed by atoms with Crippen LogP contribution >= 0.6 is 0 Å². The van der Waals surface area contributed by atoms with Crippen LogP contribution in [0.2, 0.25) is 0 Å². The lowest BCUT2D eigenvalue weighted by Crippen LogP contribution is -2.50. The molecule has 0 bridgehead atoms. The highest BCUT2D eigenvalue weighted by atomic mass is 16.2. The predicted molar refractivity (Wildman–Crippen MR) is 94.3 cm³/mol. The number of unbranched alkanes of at least 4 members (excludes halogenated alkanes) is 3. The van der Waals surface area contributed by atoms with Crippen LogP contribution < -0.4 is 11.1 Å². The van der Waals surface area contributed by atoms with E-state index in [1.54, 1.807) is 0 Å². The minimum Gasteiger partial charge on any atom is -0.358 e. The Morgan fingerprint density at radius 2 is 1.84 bits per heavy atom. The number of carbonyl (C=O) groups excluding carboxylic acids is 3. The number of hydrogen-bond donors (Lipinski definition) is 2. The van der Waals surface area contributed by atoms with Gasteiger partial charge in [0.25, 0.3) is 5.91 Å². The summed E-state index contributed by atoms with van der Waals surface area (Å²) in [4.78, 5) is 38.2. The average Bonchev–Trinajstić information content (AvgIpc) is 2.98. The van der Waals surface area contributed by atoms with Crippen LogP contribution in [0.15, 0.2) is 30.3 Å². The summed E-state index contributed by atoms with van der Waals surface area (Å²) in [6.45, 7) is 1.80. The van der Waals surface area contributed by atoms with E-state index in [1.807, 2.05) is 30.3 Å². The van der Waals surface area contributed by atoms with Crippen molar-refractivity contribution in [3.05, 3.63) is 35.9 Å². The minimum absolute atomic E-state index is 0.0665. The molecule has 1 heterocycles. The summed E-state index contributed by atoms with van der Waals surface area (Å²) in [7, 11) is 0. The third-order valence-electron chi connectivity index (χ3n) is 4.51. The second-order valence-corrected chi connectivity index (χ2v) is 6.45. The molecular formula is C19H28N3O3+. The highest BCUT2D eigenvalue weighted by Crippen LogP contribution is 2.22. The first-order valence-corrected chi connectivity index (χ1v) is 9.08. The number of amides is 2. The van der Waals surface area contributed by atoms with Crippen LogP contribution in [-0.2, 0) is 20.9 Å². The number of hydrogen-bond acceptors (Lipinski definition) is 3. The van der Waals surface area contributed by atoms with E-state index < -0.39 is 17.7 Å². The summed E-state index contributed by atoms with van der Waals surface area (Å²) < 4.78 is 0. The molecule has 0 aliphatic carbocycles. The SMILES string of the molecule is [NH3+]CCCCCCNC(=O)C(=O)C1CCC(=O)N1Cc1ccccc1. The van der Waals surface area contributed by atoms with Gasteiger partial charge in [0.1, 0.15) is 6.04 Å². The molecule has 25 heavy (non-hydrogen) atoms. The smallest absolute Gasteiger partial charge is 0.289 e. The van der Waals surface area contributed by atoms with Gasteiger partial charge in [0.15, 0.2) is 0 Å². The third kappa shape index (κ3) is 5.67. The topological polar surface area (TPSA) is 94.1 Å². The van der Waals surface area contributed by atoms with E-state index in [9.17, 15) is 14.4 Å². The largest absolute Gasteiger partial charge is 0.358 e. The number of quaternary nitrogens is 1. The zero-order valence-corrected chi connectivity index (χ0v) is 14.7. The predicted octanol–water partition coefficient (Wildman–Crippen LogP) is 0.665. The van der Waals surface area contributed by atoms with Crippen LogP contribution in [0.5, 0.6) is 0 Å². The quantitative estimate of drug-likeness (QED) is 0.481. The second kappa shape index (κ2) is 9.93. The standard InChI is InChI=1S/C19H27N3O3/c20-12-6-1-2-7-13-21-19(25)18(24)16-10-11-17(23)22(16)14-15-8-4-3-5-9-15/h3-5,8-9,16H,1-2,6-7,10-14,20H2,(H,21,25)/p+1. The van der Waals surface area contributed by atoms with E-state index in [1.165, 1.54) is 4.90 Å². The fourth-order valence-corrected chi connectivity index (χ4v) is 3.08. The zero-order valence-electron chi connectivity index (χ0n) is 14.7. The molecule has 1 atom stereocenters. The molecule has 1 aromatic rings. The second-order valence-electron chi connectivity index (χ2n) is 6.45. The first kappa shape index (κ1) is 19.1. The molecule has 1 aliphatic rings. The van der Waals surface area contributed by atoms with Crippen LogP contribution in [0.4, 0.5) is 0 Å². The normalized spacial score (nSPS) is 16.9. The molecule has 0 spiro atoms. The molecule has 6 nitrogen and oxygen atoms in total. The zero-order chi connectivity index (χ0) is 18.1. The van der Waals surface area contributed by atoms with Crippen LogP contribution in [0.1, 0.15) is 44.1 Å². The maximum Gasteiger partial charge on any atom is 0.289 e. The van der Waals surface area contributed by atoms with E-state index in [-0.39, 0.29) is 5.91 Å². The van der Waals surface area contributed by atoms with Gasteiger partial charge in [-0.25, -0.2) is 0 Å². The van der Waals surface area contributed by atoms with Crippen molar-refractivity contribution in [2.75, 3.05) is 13.1 Å². The molecule has 1 fully saturated rings. The Labute approximate surface area is 148 Å². The molecule has 0 aromatic heterocycles. The molecular weight excluding hydrogens is 318 g/mol. The van der Waals surface area contributed by atoms with Gasteiger partial charge >= 0.3 is 0 Å². The van der Waals surface area contributed by atoms with Gasteiger partial charge < -0.3 is 16.0 Å². The number of likely N-dealkylation sites (tertiary alicyclic amines) is 1. The lowest BCUT2D eigenvalue weighted by atomic mass is 10.1. The molecule has 136 valence electrons. The van der Waals surface area contributed by atoms with Crippen LogP contribution in [-0.4, -0.2) is 41.6 Å². The monoisotopic (exact) mass is 346 g/mol. The van der Waals surface area contributed by atoms with Crippen molar-refractivity contribution in [2.24, 2.45) is 0 Å². The molecule has 6 heteroatoms. The highest BCUT2D eigenvalue weighted by molar-refractivity contribution is 6.38. The van der Waals surface area contributed by atoms with Crippen molar-refractivity contribution in [3.63, 3.8) is 0 Å². The maximum atomic E-state index is 12.4. The summed E-state index contributed by atoms with van der Waals surface area (Å²) in [5.74, 6) is -1.14. The number of ketones is 1. The molecule has 1 aromatic carbocycles. The van der Waals surface area contributed by atoms with Crippen molar-refractivity contribution < 1.29 is 20.1 Å². The Hall–Kier alpha value is -2.21. The van der Waals surface area contributed by atoms with Crippen molar-refractivity contribution in [3.8, 4) is 0 Å². The van der Waals surface area contributed by atoms with Gasteiger partial charge in [-0.05, 0) is 31.2 Å². The van der Waals surface area contributed by atoms with Gasteiger partial charge in [-0.15, -0.1) is 0 Å². The third-order valence-corrected chi connectivity index (χ3v) is 4.51. The Bertz CT molecular complexity index is 589. The van der Waals surface area contributed by atoms with Crippen molar-refractivity contribution in [1.29, 1.82) is 0 Å². The van der Waals surface area contributed by atoms with E-state index in [4.69, 9.17) is 0 Å². The Morgan fingerprint density at radius 3 is 2.56 bits per heavy atom. The van der Waals surface area contributed by atoms with Gasteiger partial charge in [-0.2, -0.15) is 0 Å². The number of Topliss-reactive ketones (excluding diaryl/α,β-unsaturated/α-hetero) is 1. The van der Waals surface area contributed by atoms with E-state index in [0.717, 1.165) is 37.8 Å². The summed E-state index contributed by atoms with van der Waals surface area (Å²) in [5, 5.41) is 2.69. The summed E-state index contributed by atoms with van der Waals surface area (Å²) in [6.07, 6.45) is 4.80. The number of nitrogens with one attached hydrogen (secondary N) is 1. The summed E-state index contributed by atoms with van der Waals surface area (Å²) >= 11 is 0. The lowest BCUT2D eigenvalue weighted by Gasteiger charge is -2.23. The molecule has 1 saturated heterocycles. The van der Waals surface area contributed by atoms with E-state index in [2.05, 4.69) is 11.1 Å². The van der Waals surface area contributed by atoms with Crippen LogP contribution in [0.3, 0.4) is 0 Å². The highest BCUT2D eigenvalue weighted by Gasteiger charge is 2.38. The van der Waals surface area contributed by atoms with Crippen LogP contribution in [0.25, 0.3) is 0 Å². The van der Waals surface area contributed by atoms with Gasteiger partial charge in [0.2, 0.25) is 11.7 Å². The number of rotatable bonds is 10. The molecule has 2 rings (SSSR count). The number of carbonyl (C=O) groups is 3. The summed E-state index contributed by atoms with van der Waals surface area (Å²) in [5.41, 5.74) is 4.76. The van der Waals surface area contributed by atoms with Gasteiger partial charge in [-0.1, -0.05) is 36.8 Å². The van der Waals surface area contributed by atoms with Crippen molar-refractivity contribution in [1.82, 2.24) is 10.2 Å². The molecule has 0 saturated carbocycles. The molecule has 0 radical (unpaired) electrons. The fourth-order valence-electron chi connectivity index (χ4n) is 3.08. The maximum absolute atomic E-state index is 12.4. The molecule has 1 unspecified atom stereocenters. The fraction of sp³-hybridized carbons (Fsp3) is 0.526. The van der Waals surface area contributed by atoms with Gasteiger partial charge in [0.05, 0.1) is 6.54 Å². The first-order chi connectivity index (χ1) is 12.1. The lowest BCUT2D eigenvalue weighted by molar-refractivity contribution is -0.368. The average molecular weight is 346 g/mol. The molecule has 1 aliphatic heterocycles. The van der Waals surface area contributed by atoms with Crippen LogP contribution in [0, 0.1) is 0 Å². The Kier molecular flexibility index (Phi) is 7.60. The minimum atomic E-state index is -0.640. The first-order valence-electron chi connectivity index (χ1n) is 9.08. The van der Waals surface area contributed by atoms with Crippen molar-refractivity contribution >= 4 is 17.6 Å². The Balaban J connectivity index is 1.84. The van der Waals surface area contributed by atoms with E-state index in [0.29, 0.717) is 25.9 Å². The van der Waals surface area contributed by atoms with Crippen molar-refractivity contribution in [2.45, 2.75) is 51.1 Å². The number of benzene rings is 1.